The number of nitrogens with one attached hydrogen (secondary N) is 1. The third kappa shape index (κ3) is 2.57. The van der Waals surface area contributed by atoms with Crippen LogP contribution in [0.15, 0.2) is 5.38 Å². The lowest BCUT2D eigenvalue weighted by Crippen LogP contribution is -2.44. The highest BCUT2D eigenvalue weighted by molar-refractivity contribution is 7.09. The smallest absolute Gasteiger partial charge is 0.228 e. The van der Waals surface area contributed by atoms with Crippen LogP contribution in [-0.2, 0) is 4.79 Å². The minimum absolute atomic E-state index is 0.0276. The molecular weight excluding hydrogens is 246 g/mol. The van der Waals surface area contributed by atoms with E-state index in [0.29, 0.717) is 6.54 Å². The number of rotatable bonds is 4. The molecule has 0 saturated heterocycles. The van der Waals surface area contributed by atoms with Crippen LogP contribution in [0.2, 0.25) is 0 Å². The standard InChI is InChI=1S/C13H21N3OS/c1-9-7-18-11(15-9)10(2)16-12(17)13(8-14)5-3-4-6-13/h7,10H,3-6,8,14H2,1-2H3,(H,16,17). The maximum absolute atomic E-state index is 12.4. The first-order valence-corrected chi connectivity index (χ1v) is 7.38. The monoisotopic (exact) mass is 267 g/mol. The minimum Gasteiger partial charge on any atom is -0.347 e. The molecule has 0 spiro atoms. The van der Waals surface area contributed by atoms with Gasteiger partial charge in [-0.15, -0.1) is 11.3 Å². The van der Waals surface area contributed by atoms with Crippen LogP contribution in [0.1, 0.15) is 49.4 Å². The number of thiazole rings is 1. The van der Waals surface area contributed by atoms with E-state index in [9.17, 15) is 4.79 Å². The Morgan fingerprint density at radius 1 is 1.61 bits per heavy atom. The van der Waals surface area contributed by atoms with E-state index in [1.807, 2.05) is 19.2 Å². The van der Waals surface area contributed by atoms with E-state index < -0.39 is 0 Å². The number of nitrogens with two attached hydrogens (primary N) is 1. The van der Waals surface area contributed by atoms with Crippen LogP contribution in [0, 0.1) is 12.3 Å². The second-order valence-corrected chi connectivity index (χ2v) is 6.10. The Kier molecular flexibility index (Phi) is 4.02. The Hall–Kier alpha value is -0.940. The normalized spacial score (nSPS) is 19.7. The molecule has 18 heavy (non-hydrogen) atoms. The van der Waals surface area contributed by atoms with Crippen LogP contribution in [0.4, 0.5) is 0 Å². The lowest BCUT2D eigenvalue weighted by molar-refractivity contribution is -0.131. The Labute approximate surface area is 112 Å². The Bertz CT molecular complexity index is 424. The zero-order valence-corrected chi connectivity index (χ0v) is 11.8. The van der Waals surface area contributed by atoms with Gasteiger partial charge in [0.1, 0.15) is 5.01 Å². The maximum atomic E-state index is 12.4. The van der Waals surface area contributed by atoms with Crippen molar-refractivity contribution in [2.75, 3.05) is 6.54 Å². The molecule has 1 aromatic heterocycles. The highest BCUT2D eigenvalue weighted by atomic mass is 32.1. The van der Waals surface area contributed by atoms with Gasteiger partial charge in [-0.1, -0.05) is 12.8 Å². The van der Waals surface area contributed by atoms with E-state index in [1.165, 1.54) is 0 Å². The fourth-order valence-electron chi connectivity index (χ4n) is 2.56. The van der Waals surface area contributed by atoms with Gasteiger partial charge in [-0.05, 0) is 26.7 Å². The largest absolute Gasteiger partial charge is 0.347 e. The molecule has 1 aliphatic carbocycles. The van der Waals surface area contributed by atoms with Gasteiger partial charge in [0.2, 0.25) is 5.91 Å². The molecule has 3 N–H and O–H groups in total. The second-order valence-electron chi connectivity index (χ2n) is 5.21. The SMILES string of the molecule is Cc1csc(C(C)NC(=O)C2(CN)CCCC2)n1. The minimum atomic E-state index is -0.333. The molecule has 0 aromatic carbocycles. The van der Waals surface area contributed by atoms with Crippen molar-refractivity contribution in [3.63, 3.8) is 0 Å². The fraction of sp³-hybridized carbons (Fsp3) is 0.692. The highest BCUT2D eigenvalue weighted by Crippen LogP contribution is 2.37. The Morgan fingerprint density at radius 3 is 2.78 bits per heavy atom. The first-order chi connectivity index (χ1) is 8.57. The molecule has 1 unspecified atom stereocenters. The quantitative estimate of drug-likeness (QED) is 0.878. The van der Waals surface area contributed by atoms with Gasteiger partial charge in [-0.25, -0.2) is 4.98 Å². The average molecular weight is 267 g/mol. The van der Waals surface area contributed by atoms with E-state index in [4.69, 9.17) is 5.73 Å². The van der Waals surface area contributed by atoms with Crippen molar-refractivity contribution in [3.8, 4) is 0 Å². The highest BCUT2D eigenvalue weighted by Gasteiger charge is 2.40. The first-order valence-electron chi connectivity index (χ1n) is 6.50. The first kappa shape index (κ1) is 13.5. The lowest BCUT2D eigenvalue weighted by atomic mass is 9.85. The summed E-state index contributed by atoms with van der Waals surface area (Å²) in [7, 11) is 0. The van der Waals surface area contributed by atoms with Gasteiger partial charge >= 0.3 is 0 Å². The van der Waals surface area contributed by atoms with Crippen LogP contribution in [0.25, 0.3) is 0 Å². The van der Waals surface area contributed by atoms with E-state index in [-0.39, 0.29) is 17.4 Å². The van der Waals surface area contributed by atoms with Gasteiger partial charge in [0.15, 0.2) is 0 Å². The van der Waals surface area contributed by atoms with Crippen molar-refractivity contribution in [1.82, 2.24) is 10.3 Å². The summed E-state index contributed by atoms with van der Waals surface area (Å²) in [5.41, 5.74) is 6.49. The molecule has 4 nitrogen and oxygen atoms in total. The van der Waals surface area contributed by atoms with Crippen LogP contribution in [-0.4, -0.2) is 17.4 Å². The lowest BCUT2D eigenvalue weighted by Gasteiger charge is -2.27. The number of hydrogen-bond donors (Lipinski definition) is 2. The molecule has 0 radical (unpaired) electrons. The zero-order valence-electron chi connectivity index (χ0n) is 11.0. The van der Waals surface area contributed by atoms with Gasteiger partial charge in [-0.2, -0.15) is 0 Å². The number of nitrogens with zero attached hydrogens (tertiary/aromatic N) is 1. The maximum Gasteiger partial charge on any atom is 0.228 e. The van der Waals surface area contributed by atoms with Gasteiger partial charge in [0.05, 0.1) is 11.5 Å². The molecule has 1 heterocycles. The van der Waals surface area contributed by atoms with Crippen LogP contribution in [0.5, 0.6) is 0 Å². The molecule has 0 aliphatic heterocycles. The van der Waals surface area contributed by atoms with Crippen molar-refractivity contribution in [3.05, 3.63) is 16.1 Å². The number of carbonyl (C=O) groups is 1. The van der Waals surface area contributed by atoms with E-state index in [2.05, 4.69) is 10.3 Å². The summed E-state index contributed by atoms with van der Waals surface area (Å²) in [6.07, 6.45) is 4.04. The molecule has 1 aromatic rings. The van der Waals surface area contributed by atoms with Crippen LogP contribution >= 0.6 is 11.3 Å². The molecule has 0 bridgehead atoms. The second kappa shape index (κ2) is 5.36. The summed E-state index contributed by atoms with van der Waals surface area (Å²) >= 11 is 1.59. The summed E-state index contributed by atoms with van der Waals surface area (Å²) in [5, 5.41) is 6.04. The molecular formula is C13H21N3OS. The van der Waals surface area contributed by atoms with Crippen LogP contribution < -0.4 is 11.1 Å². The molecule has 1 amide bonds. The molecule has 1 saturated carbocycles. The number of aromatic nitrogens is 1. The number of amides is 1. The number of aryl methyl sites for hydroxylation is 1. The average Bonchev–Trinajstić information content (AvgIpc) is 2.97. The molecule has 5 heteroatoms. The molecule has 2 rings (SSSR count). The topological polar surface area (TPSA) is 68.0 Å². The van der Waals surface area contributed by atoms with E-state index >= 15 is 0 Å². The predicted molar refractivity (Wildman–Crippen MR) is 73.4 cm³/mol. The third-order valence-electron chi connectivity index (χ3n) is 3.79. The number of carbonyl (C=O) groups excluding carboxylic acids is 1. The van der Waals surface area contributed by atoms with Crippen molar-refractivity contribution >= 4 is 17.2 Å². The fourth-order valence-corrected chi connectivity index (χ4v) is 3.36. The van der Waals surface area contributed by atoms with Gasteiger partial charge in [0.25, 0.3) is 0 Å². The van der Waals surface area contributed by atoms with Crippen molar-refractivity contribution in [2.45, 2.75) is 45.6 Å². The van der Waals surface area contributed by atoms with Gasteiger partial charge in [-0.3, -0.25) is 4.79 Å². The molecule has 1 atom stereocenters. The Morgan fingerprint density at radius 2 is 2.28 bits per heavy atom. The summed E-state index contributed by atoms with van der Waals surface area (Å²) in [6.45, 7) is 4.39. The van der Waals surface area contributed by atoms with Gasteiger partial charge in [0, 0.05) is 17.6 Å². The molecule has 1 aliphatic rings. The third-order valence-corrected chi connectivity index (χ3v) is 4.93. The van der Waals surface area contributed by atoms with Gasteiger partial charge < -0.3 is 11.1 Å². The molecule has 100 valence electrons. The number of hydrogen-bond acceptors (Lipinski definition) is 4. The summed E-state index contributed by atoms with van der Waals surface area (Å²) < 4.78 is 0. The zero-order chi connectivity index (χ0) is 13.2. The molecule has 1 fully saturated rings. The van der Waals surface area contributed by atoms with Crippen molar-refractivity contribution in [2.24, 2.45) is 11.1 Å². The van der Waals surface area contributed by atoms with Crippen molar-refractivity contribution < 1.29 is 4.79 Å². The van der Waals surface area contributed by atoms with Crippen LogP contribution in [0.3, 0.4) is 0 Å². The summed E-state index contributed by atoms with van der Waals surface area (Å²) in [6, 6.07) is -0.0276. The van der Waals surface area contributed by atoms with E-state index in [1.54, 1.807) is 11.3 Å². The summed E-state index contributed by atoms with van der Waals surface area (Å²) in [5.74, 6) is 0.0999. The van der Waals surface area contributed by atoms with E-state index in [0.717, 1.165) is 36.4 Å². The predicted octanol–water partition coefficient (Wildman–Crippen LogP) is 2.15. The Balaban J connectivity index is 2.02. The van der Waals surface area contributed by atoms with Crippen molar-refractivity contribution in [1.29, 1.82) is 0 Å². The summed E-state index contributed by atoms with van der Waals surface area (Å²) in [4.78, 5) is 16.8.